The number of rotatable bonds is 8. The zero-order valence-corrected chi connectivity index (χ0v) is 16.0. The molecule has 0 fully saturated rings. The van der Waals surface area contributed by atoms with E-state index in [0.29, 0.717) is 30.2 Å². The summed E-state index contributed by atoms with van der Waals surface area (Å²) in [5.41, 5.74) is 1.42. The van der Waals surface area contributed by atoms with Crippen molar-refractivity contribution in [1.82, 2.24) is 4.90 Å². The number of carbonyl (C=O) groups excluding carboxylic acids is 1. The summed E-state index contributed by atoms with van der Waals surface area (Å²) < 4.78 is 29.3. The highest BCUT2D eigenvalue weighted by atomic mass is 19.1. The average molecular weight is 373 g/mol. The molecule has 0 saturated carbocycles. The molecule has 0 unspecified atom stereocenters. The van der Waals surface area contributed by atoms with Gasteiger partial charge < -0.3 is 19.1 Å². The molecule has 0 aliphatic carbocycles. The van der Waals surface area contributed by atoms with Crippen LogP contribution in [0.5, 0.6) is 17.2 Å². The van der Waals surface area contributed by atoms with E-state index < -0.39 is 5.82 Å². The fraction of sp³-hybridized carbons (Fsp3) is 0.286. The fourth-order valence-electron chi connectivity index (χ4n) is 2.61. The number of hydrogen-bond acceptors (Lipinski definition) is 4. The molecule has 144 valence electrons. The maximum atomic E-state index is 13.9. The zero-order chi connectivity index (χ0) is 19.8. The molecular weight excluding hydrogens is 349 g/mol. The molecule has 2 aromatic carbocycles. The third-order valence-electron chi connectivity index (χ3n) is 4.13. The maximum absolute atomic E-state index is 13.9. The summed E-state index contributed by atoms with van der Waals surface area (Å²) >= 11 is 0. The Kier molecular flexibility index (Phi) is 7.23. The van der Waals surface area contributed by atoms with E-state index in [4.69, 9.17) is 14.2 Å². The first kappa shape index (κ1) is 20.3. The van der Waals surface area contributed by atoms with Gasteiger partial charge in [-0.3, -0.25) is 4.79 Å². The number of ether oxygens (including phenoxy) is 3. The second-order valence-electron chi connectivity index (χ2n) is 5.76. The number of hydrogen-bond donors (Lipinski definition) is 0. The van der Waals surface area contributed by atoms with Gasteiger partial charge in [0.2, 0.25) is 5.91 Å². The van der Waals surface area contributed by atoms with Crippen LogP contribution in [0, 0.1) is 5.82 Å². The number of likely N-dealkylation sites (N-methyl/N-ethyl adjacent to an activating group) is 1. The van der Waals surface area contributed by atoms with E-state index in [-0.39, 0.29) is 11.7 Å². The van der Waals surface area contributed by atoms with Crippen molar-refractivity contribution in [2.24, 2.45) is 0 Å². The monoisotopic (exact) mass is 373 g/mol. The van der Waals surface area contributed by atoms with Crippen molar-refractivity contribution in [3.8, 4) is 17.2 Å². The fourth-order valence-corrected chi connectivity index (χ4v) is 2.61. The van der Waals surface area contributed by atoms with Gasteiger partial charge >= 0.3 is 0 Å². The van der Waals surface area contributed by atoms with Gasteiger partial charge in [-0.25, -0.2) is 4.39 Å². The van der Waals surface area contributed by atoms with E-state index >= 15 is 0 Å². The van der Waals surface area contributed by atoms with Crippen LogP contribution in [0.25, 0.3) is 6.08 Å². The van der Waals surface area contributed by atoms with Gasteiger partial charge in [0, 0.05) is 24.7 Å². The van der Waals surface area contributed by atoms with E-state index in [1.54, 1.807) is 55.5 Å². The predicted octanol–water partition coefficient (Wildman–Crippen LogP) is 3.91. The van der Waals surface area contributed by atoms with Crippen LogP contribution in [0.15, 0.2) is 42.5 Å². The molecule has 0 aromatic heterocycles. The van der Waals surface area contributed by atoms with Crippen LogP contribution < -0.4 is 14.2 Å². The van der Waals surface area contributed by atoms with Crippen molar-refractivity contribution in [2.45, 2.75) is 13.5 Å². The number of benzene rings is 2. The topological polar surface area (TPSA) is 48.0 Å². The Morgan fingerprint density at radius 3 is 2.33 bits per heavy atom. The smallest absolute Gasteiger partial charge is 0.246 e. The van der Waals surface area contributed by atoms with Crippen molar-refractivity contribution < 1.29 is 23.4 Å². The van der Waals surface area contributed by atoms with E-state index in [0.717, 1.165) is 5.56 Å². The van der Waals surface area contributed by atoms with Gasteiger partial charge in [0.05, 0.1) is 21.3 Å². The van der Waals surface area contributed by atoms with Crippen molar-refractivity contribution in [3.05, 3.63) is 59.4 Å². The van der Waals surface area contributed by atoms with Crippen molar-refractivity contribution >= 4 is 12.0 Å². The Labute approximate surface area is 159 Å². The summed E-state index contributed by atoms with van der Waals surface area (Å²) in [6, 6.07) is 10.0. The van der Waals surface area contributed by atoms with Crippen LogP contribution in [-0.2, 0) is 11.3 Å². The summed E-state index contributed by atoms with van der Waals surface area (Å²) in [4.78, 5) is 14.2. The predicted molar refractivity (Wildman–Crippen MR) is 103 cm³/mol. The summed E-state index contributed by atoms with van der Waals surface area (Å²) in [6.45, 7) is 2.67. The number of nitrogens with zero attached hydrogens (tertiary/aromatic N) is 1. The lowest BCUT2D eigenvalue weighted by atomic mass is 10.1. The first-order valence-electron chi connectivity index (χ1n) is 8.53. The van der Waals surface area contributed by atoms with E-state index in [9.17, 15) is 9.18 Å². The Balaban J connectivity index is 2.15. The molecule has 2 aromatic rings. The first-order chi connectivity index (χ1) is 13.0. The Hall–Kier alpha value is -3.02. The molecule has 5 nitrogen and oxygen atoms in total. The Morgan fingerprint density at radius 2 is 1.74 bits per heavy atom. The van der Waals surface area contributed by atoms with Crippen LogP contribution in [0.3, 0.4) is 0 Å². The minimum Gasteiger partial charge on any atom is -0.497 e. The summed E-state index contributed by atoms with van der Waals surface area (Å²) in [5, 5.41) is 0. The second kappa shape index (κ2) is 9.62. The molecule has 1 amide bonds. The summed E-state index contributed by atoms with van der Waals surface area (Å²) in [6.07, 6.45) is 3.15. The third-order valence-corrected chi connectivity index (χ3v) is 4.13. The average Bonchev–Trinajstić information content (AvgIpc) is 2.69. The molecule has 0 aliphatic heterocycles. The van der Waals surface area contributed by atoms with Gasteiger partial charge in [-0.2, -0.15) is 0 Å². The van der Waals surface area contributed by atoms with Gasteiger partial charge in [-0.15, -0.1) is 0 Å². The molecule has 0 atom stereocenters. The molecule has 0 aliphatic rings. The summed E-state index contributed by atoms with van der Waals surface area (Å²) in [5.74, 6) is 0.857. The highest BCUT2D eigenvalue weighted by Crippen LogP contribution is 2.25. The van der Waals surface area contributed by atoms with Gasteiger partial charge in [0.1, 0.15) is 11.5 Å². The molecule has 0 heterocycles. The highest BCUT2D eigenvalue weighted by Gasteiger charge is 2.12. The number of methoxy groups -OCH3 is 3. The van der Waals surface area contributed by atoms with Crippen molar-refractivity contribution in [2.75, 3.05) is 27.9 Å². The Bertz CT molecular complexity index is 820. The normalized spacial score (nSPS) is 10.7. The van der Waals surface area contributed by atoms with Gasteiger partial charge in [-0.05, 0) is 48.9 Å². The second-order valence-corrected chi connectivity index (χ2v) is 5.76. The maximum Gasteiger partial charge on any atom is 0.246 e. The lowest BCUT2D eigenvalue weighted by molar-refractivity contribution is -0.126. The SMILES string of the molecule is CCN(Cc1ccc(OC)c(F)c1)C(=O)/C=C/c1cc(OC)ccc1OC. The van der Waals surface area contributed by atoms with Gasteiger partial charge in [0.15, 0.2) is 11.6 Å². The molecule has 0 saturated heterocycles. The minimum absolute atomic E-state index is 0.179. The molecule has 0 N–H and O–H groups in total. The zero-order valence-electron chi connectivity index (χ0n) is 16.0. The first-order valence-corrected chi connectivity index (χ1v) is 8.53. The van der Waals surface area contributed by atoms with Crippen LogP contribution in [0.1, 0.15) is 18.1 Å². The number of carbonyl (C=O) groups is 1. The summed E-state index contributed by atoms with van der Waals surface area (Å²) in [7, 11) is 4.56. The number of amides is 1. The molecule has 0 spiro atoms. The molecule has 2 rings (SSSR count). The van der Waals surface area contributed by atoms with Crippen molar-refractivity contribution in [1.29, 1.82) is 0 Å². The van der Waals surface area contributed by atoms with E-state index in [1.165, 1.54) is 19.3 Å². The van der Waals surface area contributed by atoms with Crippen LogP contribution in [0.2, 0.25) is 0 Å². The standard InChI is InChI=1S/C21H24FNO4/c1-5-23(14-15-6-9-20(27-4)18(22)12-15)21(24)11-7-16-13-17(25-2)8-10-19(16)26-3/h6-13H,5,14H2,1-4H3/b11-7+. The Morgan fingerprint density at radius 1 is 1.04 bits per heavy atom. The molecule has 0 bridgehead atoms. The van der Waals surface area contributed by atoms with Gasteiger partial charge in [0.25, 0.3) is 0 Å². The lowest BCUT2D eigenvalue weighted by Gasteiger charge is -2.19. The van der Waals surface area contributed by atoms with Gasteiger partial charge in [-0.1, -0.05) is 6.07 Å². The number of halogens is 1. The largest absolute Gasteiger partial charge is 0.497 e. The molecule has 0 radical (unpaired) electrons. The highest BCUT2D eigenvalue weighted by molar-refractivity contribution is 5.92. The van der Waals surface area contributed by atoms with Crippen LogP contribution >= 0.6 is 0 Å². The van der Waals surface area contributed by atoms with Crippen LogP contribution in [-0.4, -0.2) is 38.7 Å². The van der Waals surface area contributed by atoms with Crippen molar-refractivity contribution in [3.63, 3.8) is 0 Å². The van der Waals surface area contributed by atoms with E-state index in [1.807, 2.05) is 6.92 Å². The molecule has 6 heteroatoms. The van der Waals surface area contributed by atoms with E-state index in [2.05, 4.69) is 0 Å². The quantitative estimate of drug-likeness (QED) is 0.658. The third kappa shape index (κ3) is 5.23. The molecular formula is C21H24FNO4. The lowest BCUT2D eigenvalue weighted by Crippen LogP contribution is -2.28. The molecule has 27 heavy (non-hydrogen) atoms. The minimum atomic E-state index is -0.449. The van der Waals surface area contributed by atoms with Crippen LogP contribution in [0.4, 0.5) is 4.39 Å².